The van der Waals surface area contributed by atoms with Gasteiger partial charge in [-0.3, -0.25) is 9.78 Å². The quantitative estimate of drug-likeness (QED) is 0.279. The lowest BCUT2D eigenvalue weighted by atomic mass is 10.1. The number of aromatic nitrogens is 3. The zero-order valence-corrected chi connectivity index (χ0v) is 20.3. The van der Waals surface area contributed by atoms with Crippen molar-refractivity contribution in [2.24, 2.45) is 0 Å². The Kier molecular flexibility index (Phi) is 6.87. The predicted molar refractivity (Wildman–Crippen MR) is 142 cm³/mol. The molecule has 7 nitrogen and oxygen atoms in total. The Hall–Kier alpha value is -4.28. The normalized spacial score (nSPS) is 10.7. The van der Waals surface area contributed by atoms with Crippen molar-refractivity contribution in [3.63, 3.8) is 0 Å². The molecule has 2 N–H and O–H groups in total. The molecule has 0 unspecified atom stereocenters. The highest BCUT2D eigenvalue weighted by Gasteiger charge is 2.15. The van der Waals surface area contributed by atoms with E-state index in [1.54, 1.807) is 12.3 Å². The van der Waals surface area contributed by atoms with Crippen molar-refractivity contribution in [3.8, 4) is 22.2 Å². The van der Waals surface area contributed by atoms with Gasteiger partial charge in [0.1, 0.15) is 11.0 Å². The lowest BCUT2D eigenvalue weighted by Crippen LogP contribution is -2.35. The lowest BCUT2D eigenvalue weighted by Gasteiger charge is -2.11. The van der Waals surface area contributed by atoms with Gasteiger partial charge in [0, 0.05) is 18.0 Å². The maximum absolute atomic E-state index is 14.9. The SMILES string of the molecule is O=C(Cc1ccccc1)NC(=S)Nc1ccc(Oc2ncnc3cc(-c4ccccn4)sc23)c(F)c1. The average molecular weight is 516 g/mol. The fraction of sp³-hybridized carbons (Fsp3) is 0.0385. The van der Waals surface area contributed by atoms with Gasteiger partial charge in [0.25, 0.3) is 0 Å². The van der Waals surface area contributed by atoms with E-state index in [2.05, 4.69) is 25.6 Å². The molecule has 0 fully saturated rings. The zero-order valence-electron chi connectivity index (χ0n) is 18.6. The summed E-state index contributed by atoms with van der Waals surface area (Å²) in [7, 11) is 0. The molecule has 1 amide bonds. The first-order valence-electron chi connectivity index (χ1n) is 10.8. The molecule has 2 aromatic carbocycles. The second-order valence-electron chi connectivity index (χ2n) is 7.63. The van der Waals surface area contributed by atoms with Crippen LogP contribution >= 0.6 is 23.6 Å². The molecular formula is C26H18FN5O2S2. The fourth-order valence-corrected chi connectivity index (χ4v) is 4.67. The third-order valence-electron chi connectivity index (χ3n) is 5.05. The van der Waals surface area contributed by atoms with Gasteiger partial charge in [0.15, 0.2) is 16.7 Å². The highest BCUT2D eigenvalue weighted by molar-refractivity contribution is 7.80. The van der Waals surface area contributed by atoms with Gasteiger partial charge in [-0.1, -0.05) is 36.4 Å². The number of hydrogen-bond donors (Lipinski definition) is 2. The summed E-state index contributed by atoms with van der Waals surface area (Å²) in [4.78, 5) is 25.9. The smallest absolute Gasteiger partial charge is 0.240 e. The number of hydrogen-bond acceptors (Lipinski definition) is 7. The number of pyridine rings is 1. The summed E-state index contributed by atoms with van der Waals surface area (Å²) in [6.07, 6.45) is 3.27. The van der Waals surface area contributed by atoms with Crippen molar-refractivity contribution < 1.29 is 13.9 Å². The molecule has 36 heavy (non-hydrogen) atoms. The first kappa shape index (κ1) is 23.5. The van der Waals surface area contributed by atoms with E-state index >= 15 is 0 Å². The van der Waals surface area contributed by atoms with E-state index in [9.17, 15) is 9.18 Å². The minimum atomic E-state index is -0.619. The van der Waals surface area contributed by atoms with Gasteiger partial charge in [0.05, 0.1) is 22.5 Å². The highest BCUT2D eigenvalue weighted by atomic mass is 32.1. The molecule has 3 heterocycles. The van der Waals surface area contributed by atoms with Crippen LogP contribution in [0.15, 0.2) is 85.3 Å². The Morgan fingerprint density at radius 3 is 2.61 bits per heavy atom. The van der Waals surface area contributed by atoms with Crippen LogP contribution in [0.3, 0.4) is 0 Å². The van der Waals surface area contributed by atoms with Gasteiger partial charge < -0.3 is 15.4 Å². The molecule has 0 aliphatic heterocycles. The van der Waals surface area contributed by atoms with E-state index in [0.29, 0.717) is 15.9 Å². The molecule has 0 saturated carbocycles. The maximum Gasteiger partial charge on any atom is 0.240 e. The summed E-state index contributed by atoms with van der Waals surface area (Å²) in [5.41, 5.74) is 2.72. The molecular weight excluding hydrogens is 497 g/mol. The number of halogens is 1. The first-order chi connectivity index (χ1) is 17.5. The van der Waals surface area contributed by atoms with Crippen molar-refractivity contribution in [2.75, 3.05) is 5.32 Å². The second kappa shape index (κ2) is 10.5. The average Bonchev–Trinajstić information content (AvgIpc) is 3.32. The number of carbonyl (C=O) groups excluding carboxylic acids is 1. The summed E-state index contributed by atoms with van der Waals surface area (Å²) in [5, 5.41) is 5.48. The number of fused-ring (bicyclic) bond motifs is 1. The molecule has 3 aromatic heterocycles. The van der Waals surface area contributed by atoms with Gasteiger partial charge in [-0.05, 0) is 48.1 Å². The number of anilines is 1. The number of thiophene rings is 1. The molecule has 0 radical (unpaired) electrons. The van der Waals surface area contributed by atoms with Crippen molar-refractivity contribution in [1.82, 2.24) is 20.3 Å². The molecule has 0 aliphatic carbocycles. The molecule has 178 valence electrons. The Morgan fingerprint density at radius 1 is 1.00 bits per heavy atom. The first-order valence-corrected chi connectivity index (χ1v) is 12.1. The number of benzene rings is 2. The largest absolute Gasteiger partial charge is 0.434 e. The predicted octanol–water partition coefficient (Wildman–Crippen LogP) is 5.74. The van der Waals surface area contributed by atoms with E-state index in [4.69, 9.17) is 17.0 Å². The Balaban J connectivity index is 1.27. The van der Waals surface area contributed by atoms with E-state index in [0.717, 1.165) is 16.1 Å². The molecule has 0 spiro atoms. The van der Waals surface area contributed by atoms with Gasteiger partial charge in [0.2, 0.25) is 11.8 Å². The van der Waals surface area contributed by atoms with Crippen LogP contribution in [0.5, 0.6) is 11.6 Å². The maximum atomic E-state index is 14.9. The molecule has 0 atom stereocenters. The van der Waals surface area contributed by atoms with Crippen LogP contribution in [0.2, 0.25) is 0 Å². The molecule has 0 saturated heterocycles. The van der Waals surface area contributed by atoms with Crippen LogP contribution < -0.4 is 15.4 Å². The summed E-state index contributed by atoms with van der Waals surface area (Å²) in [5.74, 6) is -0.651. The topological polar surface area (TPSA) is 89.0 Å². The van der Waals surface area contributed by atoms with Gasteiger partial charge in [-0.25, -0.2) is 14.4 Å². The summed E-state index contributed by atoms with van der Waals surface area (Å²) < 4.78 is 21.3. The Labute approximate surface area is 215 Å². The number of carbonyl (C=O) groups is 1. The van der Waals surface area contributed by atoms with Crippen molar-refractivity contribution in [2.45, 2.75) is 6.42 Å². The molecule has 5 rings (SSSR count). The highest BCUT2D eigenvalue weighted by Crippen LogP contribution is 2.37. The third-order valence-corrected chi connectivity index (χ3v) is 6.39. The van der Waals surface area contributed by atoms with Crippen molar-refractivity contribution >= 4 is 50.5 Å². The third kappa shape index (κ3) is 5.51. The van der Waals surface area contributed by atoms with Crippen LogP contribution in [0, 0.1) is 5.82 Å². The minimum Gasteiger partial charge on any atom is -0.434 e. The summed E-state index contributed by atoms with van der Waals surface area (Å²) in [6.45, 7) is 0. The van der Waals surface area contributed by atoms with Crippen LogP contribution in [0.4, 0.5) is 10.1 Å². The van der Waals surface area contributed by atoms with E-state index in [-0.39, 0.29) is 29.1 Å². The second-order valence-corrected chi connectivity index (χ2v) is 9.09. The number of ether oxygens (including phenoxy) is 1. The van der Waals surface area contributed by atoms with Crippen LogP contribution in [0.1, 0.15) is 5.56 Å². The molecule has 5 aromatic rings. The van der Waals surface area contributed by atoms with Crippen molar-refractivity contribution in [3.05, 3.63) is 96.7 Å². The van der Waals surface area contributed by atoms with E-state index in [1.165, 1.54) is 29.8 Å². The number of rotatable bonds is 6. The van der Waals surface area contributed by atoms with Crippen LogP contribution in [-0.4, -0.2) is 26.0 Å². The number of nitrogens with one attached hydrogen (secondary N) is 2. The van der Waals surface area contributed by atoms with Crippen molar-refractivity contribution in [1.29, 1.82) is 0 Å². The standard InChI is InChI=1S/C26H18FN5O2S2/c27-18-13-17(31-26(35)32-23(33)12-16-6-2-1-3-7-16)9-10-21(18)34-25-24-20(29-15-30-25)14-22(36-24)19-8-4-5-11-28-19/h1-11,13-15H,12H2,(H2,31,32,33,35). The summed E-state index contributed by atoms with van der Waals surface area (Å²) >= 11 is 6.60. The van der Waals surface area contributed by atoms with Gasteiger partial charge >= 0.3 is 0 Å². The molecule has 0 bridgehead atoms. The monoisotopic (exact) mass is 515 g/mol. The van der Waals surface area contributed by atoms with Crippen LogP contribution in [-0.2, 0) is 11.2 Å². The molecule has 10 heteroatoms. The van der Waals surface area contributed by atoms with Gasteiger partial charge in [-0.15, -0.1) is 11.3 Å². The lowest BCUT2D eigenvalue weighted by molar-refractivity contribution is -0.119. The zero-order chi connectivity index (χ0) is 24.9. The van der Waals surface area contributed by atoms with E-state index in [1.807, 2.05) is 54.6 Å². The van der Waals surface area contributed by atoms with Crippen LogP contribution in [0.25, 0.3) is 20.8 Å². The number of nitrogens with zero attached hydrogens (tertiary/aromatic N) is 3. The number of amides is 1. The fourth-order valence-electron chi connectivity index (χ4n) is 3.42. The summed E-state index contributed by atoms with van der Waals surface area (Å²) in [6, 6.07) is 21.1. The van der Waals surface area contributed by atoms with Gasteiger partial charge in [-0.2, -0.15) is 0 Å². The van der Waals surface area contributed by atoms with E-state index < -0.39 is 5.82 Å². The Morgan fingerprint density at radius 2 is 1.83 bits per heavy atom. The Bertz CT molecular complexity index is 1540. The number of thiocarbonyl (C=S) groups is 1. The minimum absolute atomic E-state index is 0.00707. The molecule has 0 aliphatic rings.